The van der Waals surface area contributed by atoms with Crippen molar-refractivity contribution in [3.63, 3.8) is 0 Å². The van der Waals surface area contributed by atoms with Crippen LogP contribution in [0, 0.1) is 3.57 Å². The number of aromatic nitrogens is 2. The van der Waals surface area contributed by atoms with E-state index in [1.807, 2.05) is 13.8 Å². The van der Waals surface area contributed by atoms with E-state index in [1.54, 1.807) is 6.92 Å². The number of rotatable bonds is 3. The Bertz CT molecular complexity index is 531. The zero-order valence-electron chi connectivity index (χ0n) is 10.0. The van der Waals surface area contributed by atoms with Crippen molar-refractivity contribution in [1.29, 1.82) is 0 Å². The fraction of sp³-hybridized carbons (Fsp3) is 0.600. The van der Waals surface area contributed by atoms with Gasteiger partial charge in [0.25, 0.3) is 0 Å². The van der Waals surface area contributed by atoms with Crippen LogP contribution in [0.2, 0.25) is 5.15 Å². The molecule has 1 rings (SSSR count). The smallest absolute Gasteiger partial charge is 0.157 e. The fourth-order valence-electron chi connectivity index (χ4n) is 1.21. The first kappa shape index (κ1) is 15.1. The third-order valence-corrected chi connectivity index (χ3v) is 5.56. The Labute approximate surface area is 120 Å². The van der Waals surface area contributed by atoms with Crippen LogP contribution in [-0.2, 0) is 9.84 Å². The molecule has 1 atom stereocenters. The summed E-state index contributed by atoms with van der Waals surface area (Å²) in [6, 6.07) is 0. The lowest BCUT2D eigenvalue weighted by Crippen LogP contribution is -2.14. The number of hydrogen-bond acceptors (Lipinski definition) is 4. The van der Waals surface area contributed by atoms with Crippen LogP contribution in [0.15, 0.2) is 0 Å². The Morgan fingerprint density at radius 1 is 1.24 bits per heavy atom. The highest BCUT2D eigenvalue weighted by Crippen LogP contribution is 2.28. The zero-order valence-corrected chi connectivity index (χ0v) is 13.8. The van der Waals surface area contributed by atoms with Crippen molar-refractivity contribution >= 4 is 44.0 Å². The predicted octanol–water partition coefficient (Wildman–Crippen LogP) is 2.96. The first-order chi connectivity index (χ1) is 7.64. The standard InChI is InChI=1S/C10H14ClIN2O2S/c1-5(2)8-7(12)9(11)14-10(13-8)6(3)17(4,15)16/h5-6H,1-4H3. The molecule has 0 saturated carbocycles. The van der Waals surface area contributed by atoms with Crippen molar-refractivity contribution in [1.82, 2.24) is 9.97 Å². The van der Waals surface area contributed by atoms with Gasteiger partial charge in [0.2, 0.25) is 0 Å². The quantitative estimate of drug-likeness (QED) is 0.590. The van der Waals surface area contributed by atoms with Crippen molar-refractivity contribution in [3.05, 3.63) is 20.2 Å². The molecule has 1 aromatic rings. The van der Waals surface area contributed by atoms with E-state index < -0.39 is 15.1 Å². The summed E-state index contributed by atoms with van der Waals surface area (Å²) in [5.41, 5.74) is 0.788. The molecule has 7 heteroatoms. The number of halogens is 2. The lowest BCUT2D eigenvalue weighted by Gasteiger charge is -2.13. The summed E-state index contributed by atoms with van der Waals surface area (Å²) in [4.78, 5) is 8.37. The van der Waals surface area contributed by atoms with Crippen LogP contribution in [0.25, 0.3) is 0 Å². The van der Waals surface area contributed by atoms with Gasteiger partial charge in [0.1, 0.15) is 16.2 Å². The highest BCUT2D eigenvalue weighted by molar-refractivity contribution is 14.1. The monoisotopic (exact) mass is 388 g/mol. The Morgan fingerprint density at radius 2 is 1.76 bits per heavy atom. The predicted molar refractivity (Wildman–Crippen MR) is 77.1 cm³/mol. The lowest BCUT2D eigenvalue weighted by atomic mass is 10.1. The maximum atomic E-state index is 11.5. The molecule has 0 radical (unpaired) electrons. The van der Waals surface area contributed by atoms with Gasteiger partial charge in [0.05, 0.1) is 9.26 Å². The Kier molecular flexibility index (Phi) is 4.76. The molecule has 0 bridgehead atoms. The molecule has 4 nitrogen and oxygen atoms in total. The molecule has 96 valence electrons. The SMILES string of the molecule is CC(C)c1nc(C(C)S(C)(=O)=O)nc(Cl)c1I. The maximum Gasteiger partial charge on any atom is 0.157 e. The Hall–Kier alpha value is 0.0500. The van der Waals surface area contributed by atoms with Crippen molar-refractivity contribution in [2.24, 2.45) is 0 Å². The van der Waals surface area contributed by atoms with Gasteiger partial charge in [-0.2, -0.15) is 0 Å². The van der Waals surface area contributed by atoms with Gasteiger partial charge < -0.3 is 0 Å². The molecule has 1 unspecified atom stereocenters. The molecule has 0 amide bonds. The molecule has 0 aliphatic carbocycles. The van der Waals surface area contributed by atoms with Gasteiger partial charge in [0.15, 0.2) is 9.84 Å². The molecule has 1 heterocycles. The highest BCUT2D eigenvalue weighted by atomic mass is 127. The van der Waals surface area contributed by atoms with Crippen molar-refractivity contribution in [3.8, 4) is 0 Å². The third kappa shape index (κ3) is 3.51. The topological polar surface area (TPSA) is 59.9 Å². The third-order valence-electron chi connectivity index (χ3n) is 2.41. The number of sulfone groups is 1. The van der Waals surface area contributed by atoms with Gasteiger partial charge in [-0.3, -0.25) is 0 Å². The van der Waals surface area contributed by atoms with E-state index in [2.05, 4.69) is 32.6 Å². The second-order valence-corrected chi connectivity index (χ2v) is 8.00. The zero-order chi connectivity index (χ0) is 13.4. The summed E-state index contributed by atoms with van der Waals surface area (Å²) < 4.78 is 23.7. The molecule has 0 aromatic carbocycles. The molecule has 0 aliphatic rings. The molecular weight excluding hydrogens is 375 g/mol. The number of hydrogen-bond donors (Lipinski definition) is 0. The first-order valence-corrected chi connectivity index (χ1v) is 8.47. The summed E-state index contributed by atoms with van der Waals surface area (Å²) in [5.74, 6) is 0.439. The summed E-state index contributed by atoms with van der Waals surface area (Å²) in [5, 5.41) is -0.427. The van der Waals surface area contributed by atoms with Gasteiger partial charge in [-0.15, -0.1) is 0 Å². The van der Waals surface area contributed by atoms with E-state index in [9.17, 15) is 8.42 Å². The van der Waals surface area contributed by atoms with E-state index in [0.29, 0.717) is 5.15 Å². The first-order valence-electron chi connectivity index (χ1n) is 5.06. The van der Waals surface area contributed by atoms with Crippen molar-refractivity contribution in [2.45, 2.75) is 31.9 Å². The second-order valence-electron chi connectivity index (χ2n) is 4.20. The average molecular weight is 389 g/mol. The molecule has 17 heavy (non-hydrogen) atoms. The summed E-state index contributed by atoms with van der Waals surface area (Å²) in [6.45, 7) is 5.53. The van der Waals surface area contributed by atoms with E-state index in [0.717, 1.165) is 9.26 Å². The van der Waals surface area contributed by atoms with Gasteiger partial charge in [-0.1, -0.05) is 25.4 Å². The van der Waals surface area contributed by atoms with Crippen LogP contribution < -0.4 is 0 Å². The van der Waals surface area contributed by atoms with E-state index >= 15 is 0 Å². The molecule has 0 spiro atoms. The van der Waals surface area contributed by atoms with Crippen LogP contribution in [0.1, 0.15) is 43.5 Å². The van der Waals surface area contributed by atoms with E-state index in [1.165, 1.54) is 6.26 Å². The van der Waals surface area contributed by atoms with Crippen LogP contribution in [-0.4, -0.2) is 24.6 Å². The van der Waals surface area contributed by atoms with Crippen molar-refractivity contribution < 1.29 is 8.42 Å². The molecule has 1 aromatic heterocycles. The lowest BCUT2D eigenvalue weighted by molar-refractivity contribution is 0.588. The van der Waals surface area contributed by atoms with Gasteiger partial charge in [-0.25, -0.2) is 18.4 Å². The molecule has 0 aliphatic heterocycles. The summed E-state index contributed by atoms with van der Waals surface area (Å²) >= 11 is 8.08. The second kappa shape index (κ2) is 5.36. The molecule has 0 N–H and O–H groups in total. The number of nitrogens with zero attached hydrogens (tertiary/aromatic N) is 2. The van der Waals surface area contributed by atoms with Crippen LogP contribution in [0.5, 0.6) is 0 Å². The van der Waals surface area contributed by atoms with E-state index in [4.69, 9.17) is 11.6 Å². The van der Waals surface area contributed by atoms with E-state index in [-0.39, 0.29) is 11.7 Å². The summed E-state index contributed by atoms with van der Waals surface area (Å²) in [7, 11) is -3.21. The largest absolute Gasteiger partial charge is 0.235 e. The summed E-state index contributed by atoms with van der Waals surface area (Å²) in [6.07, 6.45) is 1.17. The van der Waals surface area contributed by atoms with Crippen LogP contribution in [0.3, 0.4) is 0 Å². The fourth-order valence-corrected chi connectivity index (χ4v) is 2.74. The minimum absolute atomic E-state index is 0.174. The van der Waals surface area contributed by atoms with Gasteiger partial charge >= 0.3 is 0 Å². The minimum atomic E-state index is -3.21. The minimum Gasteiger partial charge on any atom is -0.235 e. The van der Waals surface area contributed by atoms with Gasteiger partial charge in [-0.05, 0) is 35.4 Å². The Balaban J connectivity index is 3.39. The molecule has 0 fully saturated rings. The van der Waals surface area contributed by atoms with Gasteiger partial charge in [0, 0.05) is 6.26 Å². The van der Waals surface area contributed by atoms with Crippen LogP contribution in [0.4, 0.5) is 0 Å². The average Bonchev–Trinajstić information content (AvgIpc) is 2.19. The normalized spacial score (nSPS) is 14.1. The van der Waals surface area contributed by atoms with Crippen LogP contribution >= 0.6 is 34.2 Å². The maximum absolute atomic E-state index is 11.5. The molecular formula is C10H14ClIN2O2S. The van der Waals surface area contributed by atoms with Crippen molar-refractivity contribution in [2.75, 3.05) is 6.26 Å². The Morgan fingerprint density at radius 3 is 2.18 bits per heavy atom. The molecule has 0 saturated heterocycles. The highest BCUT2D eigenvalue weighted by Gasteiger charge is 2.23.